The number of methoxy groups -OCH3 is 1. The number of thiophene rings is 1. The molecule has 5 N–H and O–H groups in total. The zero-order valence-electron chi connectivity index (χ0n) is 11.4. The molecule has 0 aromatic carbocycles. The van der Waals surface area contributed by atoms with E-state index in [2.05, 4.69) is 5.32 Å². The first kappa shape index (κ1) is 14.4. The van der Waals surface area contributed by atoms with Crippen molar-refractivity contribution >= 4 is 33.8 Å². The molecule has 2 amide bonds. The van der Waals surface area contributed by atoms with Crippen molar-refractivity contribution in [2.45, 2.75) is 19.4 Å². The van der Waals surface area contributed by atoms with Crippen molar-refractivity contribution in [1.82, 2.24) is 5.32 Å². The zero-order chi connectivity index (χ0) is 14.9. The number of nitrogens with two attached hydrogens (primary N) is 2. The Morgan fingerprint density at radius 3 is 2.75 bits per heavy atom. The van der Waals surface area contributed by atoms with Crippen LogP contribution in [0.15, 0.2) is 0 Å². The molecule has 0 bridgehead atoms. The Balaban J connectivity index is 2.23. The van der Waals surface area contributed by atoms with Crippen LogP contribution in [0.5, 0.6) is 5.75 Å². The lowest BCUT2D eigenvalue weighted by atomic mass is 10.3. The summed E-state index contributed by atoms with van der Waals surface area (Å²) in [6, 6.07) is 0.0950. The summed E-state index contributed by atoms with van der Waals surface area (Å²) >= 11 is 1.23. The molecule has 8 heteroatoms. The molecule has 0 aliphatic carbocycles. The number of hydrogen-bond acceptors (Lipinski definition) is 6. The molecule has 2 rings (SSSR count). The molecule has 1 saturated heterocycles. The third-order valence-corrected chi connectivity index (χ3v) is 4.46. The number of primary amides is 1. The van der Waals surface area contributed by atoms with Crippen molar-refractivity contribution < 1.29 is 14.3 Å². The number of nitrogen functional groups attached to an aromatic ring is 1. The Bertz CT molecular complexity index is 543. The van der Waals surface area contributed by atoms with Gasteiger partial charge in [-0.3, -0.25) is 9.59 Å². The number of nitrogens with zero attached hydrogens (tertiary/aromatic N) is 1. The Morgan fingerprint density at radius 2 is 2.20 bits per heavy atom. The van der Waals surface area contributed by atoms with Gasteiger partial charge in [0.15, 0.2) is 5.75 Å². The highest BCUT2D eigenvalue weighted by molar-refractivity contribution is 7.19. The van der Waals surface area contributed by atoms with Gasteiger partial charge in [-0.1, -0.05) is 0 Å². The van der Waals surface area contributed by atoms with E-state index in [4.69, 9.17) is 16.2 Å². The van der Waals surface area contributed by atoms with Gasteiger partial charge in [0.2, 0.25) is 5.91 Å². The van der Waals surface area contributed by atoms with E-state index in [0.29, 0.717) is 17.2 Å². The Morgan fingerprint density at radius 1 is 1.50 bits per heavy atom. The summed E-state index contributed by atoms with van der Waals surface area (Å²) in [5.41, 5.74) is 11.5. The topological polar surface area (TPSA) is 111 Å². The van der Waals surface area contributed by atoms with Crippen molar-refractivity contribution in [3.05, 3.63) is 4.88 Å². The van der Waals surface area contributed by atoms with Gasteiger partial charge in [0.05, 0.1) is 7.11 Å². The highest BCUT2D eigenvalue weighted by atomic mass is 32.1. The fraction of sp³-hybridized carbons (Fsp3) is 0.500. The molecule has 0 spiro atoms. The molecule has 20 heavy (non-hydrogen) atoms. The predicted molar refractivity (Wildman–Crippen MR) is 78.2 cm³/mol. The molecule has 1 aromatic heterocycles. The van der Waals surface area contributed by atoms with E-state index in [1.54, 1.807) is 0 Å². The normalized spacial score (nSPS) is 18.1. The summed E-state index contributed by atoms with van der Waals surface area (Å²) in [6.07, 6.45) is 0.840. The van der Waals surface area contributed by atoms with E-state index in [1.807, 2.05) is 4.90 Å². The average molecular weight is 298 g/mol. The van der Waals surface area contributed by atoms with Gasteiger partial charge in [0.25, 0.3) is 5.91 Å². The van der Waals surface area contributed by atoms with Gasteiger partial charge in [-0.05, 0) is 6.42 Å². The zero-order valence-corrected chi connectivity index (χ0v) is 12.3. The summed E-state index contributed by atoms with van der Waals surface area (Å²) in [7, 11) is 1.51. The lowest BCUT2D eigenvalue weighted by Crippen LogP contribution is -2.35. The molecule has 1 aliphatic heterocycles. The first-order valence-electron chi connectivity index (χ1n) is 6.22. The van der Waals surface area contributed by atoms with Gasteiger partial charge in [-0.15, -0.1) is 11.3 Å². The van der Waals surface area contributed by atoms with Crippen LogP contribution >= 0.6 is 11.3 Å². The molecule has 2 heterocycles. The van der Waals surface area contributed by atoms with Crippen molar-refractivity contribution in [2.75, 3.05) is 30.8 Å². The van der Waals surface area contributed by atoms with Crippen LogP contribution in [0, 0.1) is 0 Å². The second-order valence-electron chi connectivity index (χ2n) is 4.68. The number of nitrogens with one attached hydrogen (secondary N) is 1. The van der Waals surface area contributed by atoms with Gasteiger partial charge >= 0.3 is 0 Å². The minimum Gasteiger partial charge on any atom is -0.492 e. The van der Waals surface area contributed by atoms with Crippen LogP contribution < -0.4 is 26.4 Å². The number of amides is 2. The van der Waals surface area contributed by atoms with E-state index in [-0.39, 0.29) is 17.6 Å². The number of carbonyl (C=O) groups is 2. The van der Waals surface area contributed by atoms with E-state index < -0.39 is 5.91 Å². The maximum atomic E-state index is 11.3. The van der Waals surface area contributed by atoms with Crippen LogP contribution in [-0.4, -0.2) is 38.1 Å². The second-order valence-corrected chi connectivity index (χ2v) is 5.68. The Kier molecular flexibility index (Phi) is 4.03. The number of ether oxygens (including phenoxy) is 1. The molecule has 110 valence electrons. The fourth-order valence-electron chi connectivity index (χ4n) is 2.35. The molecular formula is C12H18N4O3S. The van der Waals surface area contributed by atoms with Crippen LogP contribution in [0.1, 0.15) is 23.0 Å². The third-order valence-electron chi connectivity index (χ3n) is 3.19. The SMILES string of the molecule is COc1c(N2CCC(NC(C)=O)C2)sc(C(N)=O)c1N. The first-order valence-corrected chi connectivity index (χ1v) is 7.03. The Hall–Kier alpha value is -1.96. The number of rotatable bonds is 4. The summed E-state index contributed by atoms with van der Waals surface area (Å²) in [5, 5.41) is 3.67. The van der Waals surface area contributed by atoms with Crippen molar-refractivity contribution in [3.63, 3.8) is 0 Å². The average Bonchev–Trinajstić information content (AvgIpc) is 2.92. The van der Waals surface area contributed by atoms with Crippen LogP contribution in [-0.2, 0) is 4.79 Å². The molecule has 1 atom stereocenters. The summed E-state index contributed by atoms with van der Waals surface area (Å²) in [5.74, 6) is -0.130. The molecular weight excluding hydrogens is 280 g/mol. The standard InChI is InChI=1S/C12H18N4O3S/c1-6(17)15-7-3-4-16(5-7)12-9(19-2)8(13)10(20-12)11(14)18/h7H,3-5,13H2,1-2H3,(H2,14,18)(H,15,17). The molecule has 1 aromatic rings. The monoisotopic (exact) mass is 298 g/mol. The maximum Gasteiger partial charge on any atom is 0.261 e. The number of hydrogen-bond donors (Lipinski definition) is 3. The van der Waals surface area contributed by atoms with Crippen molar-refractivity contribution in [3.8, 4) is 5.75 Å². The molecule has 1 unspecified atom stereocenters. The molecule has 1 aliphatic rings. The summed E-state index contributed by atoms with van der Waals surface area (Å²) in [6.45, 7) is 2.92. The fourth-order valence-corrected chi connectivity index (χ4v) is 3.43. The second kappa shape index (κ2) is 5.58. The number of anilines is 2. The van der Waals surface area contributed by atoms with Gasteiger partial charge in [-0.25, -0.2) is 0 Å². The maximum absolute atomic E-state index is 11.3. The molecule has 7 nitrogen and oxygen atoms in total. The van der Waals surface area contributed by atoms with Crippen LogP contribution in [0.25, 0.3) is 0 Å². The number of carbonyl (C=O) groups excluding carboxylic acids is 2. The van der Waals surface area contributed by atoms with Crippen LogP contribution in [0.2, 0.25) is 0 Å². The third kappa shape index (κ3) is 2.64. The largest absolute Gasteiger partial charge is 0.492 e. The Labute approximate surface area is 120 Å². The minimum atomic E-state index is -0.561. The van der Waals surface area contributed by atoms with Crippen molar-refractivity contribution in [1.29, 1.82) is 0 Å². The lowest BCUT2D eigenvalue weighted by molar-refractivity contribution is -0.119. The highest BCUT2D eigenvalue weighted by Crippen LogP contribution is 2.45. The van der Waals surface area contributed by atoms with E-state index in [1.165, 1.54) is 25.4 Å². The first-order chi connectivity index (χ1) is 9.43. The molecule has 0 saturated carbocycles. The minimum absolute atomic E-state index is 0.0488. The van der Waals surface area contributed by atoms with Gasteiger partial charge in [0, 0.05) is 26.1 Å². The summed E-state index contributed by atoms with van der Waals surface area (Å²) < 4.78 is 5.28. The van der Waals surface area contributed by atoms with Gasteiger partial charge < -0.3 is 26.4 Å². The predicted octanol–water partition coefficient (Wildman–Crippen LogP) is 0.153. The van der Waals surface area contributed by atoms with Crippen LogP contribution in [0.4, 0.5) is 10.7 Å². The van der Waals surface area contributed by atoms with E-state index in [9.17, 15) is 9.59 Å². The highest BCUT2D eigenvalue weighted by Gasteiger charge is 2.29. The quantitative estimate of drug-likeness (QED) is 0.733. The molecule has 0 radical (unpaired) electrons. The van der Waals surface area contributed by atoms with E-state index in [0.717, 1.165) is 18.0 Å². The lowest BCUT2D eigenvalue weighted by Gasteiger charge is -2.18. The van der Waals surface area contributed by atoms with Gasteiger partial charge in [-0.2, -0.15) is 0 Å². The van der Waals surface area contributed by atoms with E-state index >= 15 is 0 Å². The van der Waals surface area contributed by atoms with Crippen molar-refractivity contribution in [2.24, 2.45) is 5.73 Å². The summed E-state index contributed by atoms with van der Waals surface area (Å²) in [4.78, 5) is 24.8. The van der Waals surface area contributed by atoms with Crippen LogP contribution in [0.3, 0.4) is 0 Å². The van der Waals surface area contributed by atoms with Gasteiger partial charge in [0.1, 0.15) is 15.6 Å². The molecule has 1 fully saturated rings. The smallest absolute Gasteiger partial charge is 0.261 e.